The zero-order chi connectivity index (χ0) is 12.6. The lowest BCUT2D eigenvalue weighted by atomic mass is 10.1. The number of hydrogen-bond acceptors (Lipinski definition) is 5. The summed E-state index contributed by atoms with van der Waals surface area (Å²) in [4.78, 5) is 11.9. The molecule has 0 saturated heterocycles. The third-order valence-electron chi connectivity index (χ3n) is 2.94. The minimum absolute atomic E-state index is 0. The van der Waals surface area contributed by atoms with E-state index in [0.29, 0.717) is 29.2 Å². The number of benzene rings is 1. The summed E-state index contributed by atoms with van der Waals surface area (Å²) in [6.07, 6.45) is 0.294. The summed E-state index contributed by atoms with van der Waals surface area (Å²) >= 11 is 0. The molecule has 1 aromatic carbocycles. The van der Waals surface area contributed by atoms with Crippen molar-refractivity contribution in [3.05, 3.63) is 17.2 Å². The van der Waals surface area contributed by atoms with E-state index >= 15 is 0 Å². The van der Waals surface area contributed by atoms with Crippen LogP contribution < -0.4 is 19.9 Å². The zero-order valence-electron chi connectivity index (χ0n) is 10.5. The molecule has 0 saturated carbocycles. The van der Waals surface area contributed by atoms with Gasteiger partial charge in [0.25, 0.3) is 0 Å². The van der Waals surface area contributed by atoms with Crippen LogP contribution in [0.1, 0.15) is 28.4 Å². The lowest BCUT2D eigenvalue weighted by Crippen LogP contribution is -2.06. The summed E-state index contributed by atoms with van der Waals surface area (Å²) in [5.74, 6) is 1.33. The van der Waals surface area contributed by atoms with Crippen molar-refractivity contribution in [2.75, 3.05) is 21.3 Å². The molecule has 1 unspecified atom stereocenters. The van der Waals surface area contributed by atoms with Crippen LogP contribution in [-0.4, -0.2) is 27.1 Å². The molecule has 0 heterocycles. The zero-order valence-corrected chi connectivity index (χ0v) is 11.3. The molecule has 0 radical (unpaired) electrons. The summed E-state index contributed by atoms with van der Waals surface area (Å²) in [6, 6.07) is 1.44. The van der Waals surface area contributed by atoms with E-state index < -0.39 is 0 Å². The number of fused-ring (bicyclic) bond motifs is 1. The first-order valence-corrected chi connectivity index (χ1v) is 5.25. The van der Waals surface area contributed by atoms with Crippen molar-refractivity contribution in [3.63, 3.8) is 0 Å². The Hall–Kier alpha value is -1.46. The second-order valence-corrected chi connectivity index (χ2v) is 3.84. The average molecular weight is 274 g/mol. The molecule has 0 aliphatic heterocycles. The van der Waals surface area contributed by atoms with Crippen LogP contribution in [-0.2, 0) is 0 Å². The second-order valence-electron chi connectivity index (χ2n) is 3.84. The number of ketones is 1. The van der Waals surface area contributed by atoms with Crippen molar-refractivity contribution < 1.29 is 19.0 Å². The molecule has 2 rings (SSSR count). The Kier molecular flexibility index (Phi) is 4.43. The van der Waals surface area contributed by atoms with Crippen molar-refractivity contribution in [2.24, 2.45) is 5.73 Å². The fourth-order valence-corrected chi connectivity index (χ4v) is 2.17. The molecule has 0 amide bonds. The Balaban J connectivity index is 0.00000162. The van der Waals surface area contributed by atoms with Crippen LogP contribution in [0.2, 0.25) is 0 Å². The summed E-state index contributed by atoms with van der Waals surface area (Å²) in [7, 11) is 4.53. The smallest absolute Gasteiger partial charge is 0.204 e. The van der Waals surface area contributed by atoms with Gasteiger partial charge in [0.2, 0.25) is 5.75 Å². The maximum absolute atomic E-state index is 11.9. The Labute approximate surface area is 112 Å². The van der Waals surface area contributed by atoms with Gasteiger partial charge in [0, 0.05) is 12.5 Å². The largest absolute Gasteiger partial charge is 0.493 e. The molecule has 0 spiro atoms. The number of hydrogen-bond donors (Lipinski definition) is 1. The molecule has 1 aliphatic carbocycles. The Bertz CT molecular complexity index is 476. The van der Waals surface area contributed by atoms with Gasteiger partial charge in [0.1, 0.15) is 0 Å². The normalized spacial score (nSPS) is 16.9. The van der Waals surface area contributed by atoms with E-state index in [1.807, 2.05) is 0 Å². The molecule has 2 N–H and O–H groups in total. The van der Waals surface area contributed by atoms with Crippen LogP contribution in [0.4, 0.5) is 0 Å². The number of ether oxygens (including phenoxy) is 3. The fraction of sp³-hybridized carbons (Fsp3) is 0.417. The topological polar surface area (TPSA) is 70.8 Å². The molecule has 5 nitrogen and oxygen atoms in total. The van der Waals surface area contributed by atoms with Crippen molar-refractivity contribution in [1.82, 2.24) is 0 Å². The molecule has 1 aromatic rings. The standard InChI is InChI=1S/C12H15NO4.ClH/c1-15-9-4-6-7(13)5-8(14)10(6)12(17-3)11(9)16-2;/h4,7H,5,13H2,1-3H3;1H. The number of rotatable bonds is 3. The van der Waals surface area contributed by atoms with E-state index in [4.69, 9.17) is 19.9 Å². The molecule has 1 atom stereocenters. The second kappa shape index (κ2) is 5.46. The average Bonchev–Trinajstić information content (AvgIpc) is 2.62. The number of carbonyl (C=O) groups excluding carboxylic acids is 1. The van der Waals surface area contributed by atoms with Gasteiger partial charge in [-0.05, 0) is 11.6 Å². The van der Waals surface area contributed by atoms with Crippen LogP contribution in [0.3, 0.4) is 0 Å². The summed E-state index contributed by atoms with van der Waals surface area (Å²) in [6.45, 7) is 0. The molecule has 0 fully saturated rings. The van der Waals surface area contributed by atoms with E-state index in [2.05, 4.69) is 0 Å². The maximum atomic E-state index is 11.9. The summed E-state index contributed by atoms with van der Waals surface area (Å²) in [5.41, 5.74) is 7.17. The van der Waals surface area contributed by atoms with Crippen LogP contribution in [0.25, 0.3) is 0 Å². The number of halogens is 1. The Morgan fingerprint density at radius 1 is 1.17 bits per heavy atom. The van der Waals surface area contributed by atoms with Crippen molar-refractivity contribution in [1.29, 1.82) is 0 Å². The SMILES string of the molecule is COc1cc2c(c(OC)c1OC)C(=O)CC2N.Cl. The molecule has 6 heteroatoms. The first kappa shape index (κ1) is 14.6. The monoisotopic (exact) mass is 273 g/mol. The summed E-state index contributed by atoms with van der Waals surface area (Å²) < 4.78 is 15.7. The highest BCUT2D eigenvalue weighted by Gasteiger charge is 2.33. The first-order chi connectivity index (χ1) is 8.13. The van der Waals surface area contributed by atoms with Crippen molar-refractivity contribution in [3.8, 4) is 17.2 Å². The van der Waals surface area contributed by atoms with Gasteiger partial charge in [-0.3, -0.25) is 4.79 Å². The van der Waals surface area contributed by atoms with Gasteiger partial charge in [-0.25, -0.2) is 0 Å². The third kappa shape index (κ3) is 2.00. The molecule has 100 valence electrons. The number of carbonyl (C=O) groups is 1. The molecular formula is C12H16ClNO4. The van der Waals surface area contributed by atoms with Crippen LogP contribution >= 0.6 is 12.4 Å². The van der Waals surface area contributed by atoms with Crippen LogP contribution in [0.15, 0.2) is 6.07 Å². The molecule has 0 bridgehead atoms. The minimum Gasteiger partial charge on any atom is -0.493 e. The third-order valence-corrected chi connectivity index (χ3v) is 2.94. The fourth-order valence-electron chi connectivity index (χ4n) is 2.17. The van der Waals surface area contributed by atoms with Crippen LogP contribution in [0.5, 0.6) is 17.2 Å². The van der Waals surface area contributed by atoms with Crippen molar-refractivity contribution in [2.45, 2.75) is 12.5 Å². The van der Waals surface area contributed by atoms with Gasteiger partial charge in [0.05, 0.1) is 26.9 Å². The first-order valence-electron chi connectivity index (χ1n) is 5.25. The van der Waals surface area contributed by atoms with E-state index in [9.17, 15) is 4.79 Å². The van der Waals surface area contributed by atoms with E-state index in [1.165, 1.54) is 21.3 Å². The van der Waals surface area contributed by atoms with E-state index in [-0.39, 0.29) is 24.2 Å². The van der Waals surface area contributed by atoms with Gasteiger partial charge in [-0.15, -0.1) is 12.4 Å². The Morgan fingerprint density at radius 2 is 1.78 bits per heavy atom. The highest BCUT2D eigenvalue weighted by atomic mass is 35.5. The quantitative estimate of drug-likeness (QED) is 0.908. The van der Waals surface area contributed by atoms with Gasteiger partial charge >= 0.3 is 0 Å². The number of methoxy groups -OCH3 is 3. The molecule has 0 aromatic heterocycles. The predicted molar refractivity (Wildman–Crippen MR) is 69.2 cm³/mol. The highest BCUT2D eigenvalue weighted by Crippen LogP contribution is 2.47. The summed E-state index contributed by atoms with van der Waals surface area (Å²) in [5, 5.41) is 0. The van der Waals surface area contributed by atoms with E-state index in [0.717, 1.165) is 5.56 Å². The lowest BCUT2D eigenvalue weighted by molar-refractivity contribution is 0.0986. The van der Waals surface area contributed by atoms with Gasteiger partial charge < -0.3 is 19.9 Å². The number of Topliss-reactive ketones (excluding diaryl/α,β-unsaturated/α-hetero) is 1. The molecule has 18 heavy (non-hydrogen) atoms. The van der Waals surface area contributed by atoms with Gasteiger partial charge in [0.15, 0.2) is 17.3 Å². The molecular weight excluding hydrogens is 258 g/mol. The van der Waals surface area contributed by atoms with Gasteiger partial charge in [-0.2, -0.15) is 0 Å². The Morgan fingerprint density at radius 3 is 2.28 bits per heavy atom. The predicted octanol–water partition coefficient (Wildman–Crippen LogP) is 1.72. The highest BCUT2D eigenvalue weighted by molar-refractivity contribution is 6.05. The van der Waals surface area contributed by atoms with Gasteiger partial charge in [-0.1, -0.05) is 0 Å². The lowest BCUT2D eigenvalue weighted by Gasteiger charge is -2.16. The molecule has 1 aliphatic rings. The van der Waals surface area contributed by atoms with Crippen molar-refractivity contribution >= 4 is 18.2 Å². The van der Waals surface area contributed by atoms with Crippen LogP contribution in [0, 0.1) is 0 Å². The maximum Gasteiger partial charge on any atom is 0.204 e. The van der Waals surface area contributed by atoms with E-state index in [1.54, 1.807) is 6.07 Å². The number of nitrogens with two attached hydrogens (primary N) is 1. The minimum atomic E-state index is -0.300.